The van der Waals surface area contributed by atoms with Gasteiger partial charge in [-0.25, -0.2) is 0 Å². The number of nitrogens with two attached hydrogens (primary N) is 1. The topological polar surface area (TPSA) is 106 Å². The molecular formula is C9H15N5O2. The van der Waals surface area contributed by atoms with E-state index in [-0.39, 0.29) is 18.4 Å². The number of hydrogen-bond acceptors (Lipinski definition) is 6. The van der Waals surface area contributed by atoms with Crippen molar-refractivity contribution in [3.05, 3.63) is 5.89 Å². The molecule has 0 saturated heterocycles. The number of carbonyl (C=O) groups is 1. The molecule has 0 aliphatic heterocycles. The first-order valence-corrected chi connectivity index (χ1v) is 5.33. The van der Waals surface area contributed by atoms with Gasteiger partial charge in [0.15, 0.2) is 0 Å². The van der Waals surface area contributed by atoms with Crippen molar-refractivity contribution in [2.45, 2.75) is 19.4 Å². The average Bonchev–Trinajstić information content (AvgIpc) is 3.04. The third-order valence-electron chi connectivity index (χ3n) is 2.29. The third kappa shape index (κ3) is 2.93. The summed E-state index contributed by atoms with van der Waals surface area (Å²) < 4.78 is 5.13. The summed E-state index contributed by atoms with van der Waals surface area (Å²) in [6, 6.07) is 0.334. The molecule has 1 amide bonds. The normalized spacial score (nSPS) is 14.8. The molecule has 7 heteroatoms. The van der Waals surface area contributed by atoms with Crippen LogP contribution in [0.25, 0.3) is 0 Å². The maximum Gasteiger partial charge on any atom is 0.315 e. The monoisotopic (exact) mass is 225 g/mol. The molecule has 1 saturated carbocycles. The van der Waals surface area contributed by atoms with E-state index in [9.17, 15) is 4.79 Å². The first-order chi connectivity index (χ1) is 7.79. The molecule has 7 nitrogen and oxygen atoms in total. The predicted molar refractivity (Wildman–Crippen MR) is 56.4 cm³/mol. The molecule has 0 aromatic carbocycles. The fraction of sp³-hybridized carbons (Fsp3) is 0.667. The predicted octanol–water partition coefficient (Wildman–Crippen LogP) is -0.534. The van der Waals surface area contributed by atoms with Crippen molar-refractivity contribution in [2.75, 3.05) is 18.4 Å². The Kier molecular flexibility index (Phi) is 3.35. The van der Waals surface area contributed by atoms with E-state index in [0.29, 0.717) is 25.0 Å². The number of carbonyl (C=O) groups excluding carboxylic acids is 1. The Hall–Kier alpha value is -1.63. The van der Waals surface area contributed by atoms with Gasteiger partial charge in [-0.1, -0.05) is 5.10 Å². The van der Waals surface area contributed by atoms with Gasteiger partial charge < -0.3 is 20.8 Å². The van der Waals surface area contributed by atoms with Gasteiger partial charge in [-0.3, -0.25) is 4.79 Å². The van der Waals surface area contributed by atoms with Crippen molar-refractivity contribution >= 4 is 11.9 Å². The Morgan fingerprint density at radius 2 is 2.25 bits per heavy atom. The summed E-state index contributed by atoms with van der Waals surface area (Å²) >= 11 is 0. The molecule has 1 fully saturated rings. The molecule has 1 aromatic heterocycles. The minimum atomic E-state index is 0.134. The lowest BCUT2D eigenvalue weighted by Gasteiger charge is -2.03. The Balaban J connectivity index is 1.61. The van der Waals surface area contributed by atoms with E-state index in [0.717, 1.165) is 12.8 Å². The van der Waals surface area contributed by atoms with E-state index in [1.54, 1.807) is 0 Å². The first kappa shape index (κ1) is 10.9. The van der Waals surface area contributed by atoms with Crippen LogP contribution in [0.1, 0.15) is 18.7 Å². The van der Waals surface area contributed by atoms with Gasteiger partial charge in [0, 0.05) is 19.0 Å². The average molecular weight is 225 g/mol. The van der Waals surface area contributed by atoms with Crippen molar-refractivity contribution in [3.63, 3.8) is 0 Å². The highest BCUT2D eigenvalue weighted by atomic mass is 16.4. The molecule has 1 aliphatic rings. The zero-order chi connectivity index (χ0) is 11.4. The lowest BCUT2D eigenvalue weighted by atomic mass is 10.4. The van der Waals surface area contributed by atoms with Crippen LogP contribution in [0.2, 0.25) is 0 Å². The van der Waals surface area contributed by atoms with Crippen LogP contribution in [0, 0.1) is 5.92 Å². The highest BCUT2D eigenvalue weighted by molar-refractivity contribution is 5.80. The maximum absolute atomic E-state index is 11.3. The lowest BCUT2D eigenvalue weighted by molar-refractivity contribution is -0.122. The van der Waals surface area contributed by atoms with E-state index in [1.165, 1.54) is 0 Å². The molecule has 1 aliphatic carbocycles. The van der Waals surface area contributed by atoms with Gasteiger partial charge in [0.05, 0.1) is 6.54 Å². The molecule has 88 valence electrons. The van der Waals surface area contributed by atoms with Crippen molar-refractivity contribution in [3.8, 4) is 0 Å². The summed E-state index contributed by atoms with van der Waals surface area (Å²) in [5, 5.41) is 13.1. The summed E-state index contributed by atoms with van der Waals surface area (Å²) in [7, 11) is 0. The van der Waals surface area contributed by atoms with Gasteiger partial charge in [0.25, 0.3) is 0 Å². The van der Waals surface area contributed by atoms with E-state index in [1.807, 2.05) is 0 Å². The second kappa shape index (κ2) is 4.93. The second-order valence-corrected chi connectivity index (χ2v) is 3.70. The minimum absolute atomic E-state index is 0.134. The Morgan fingerprint density at radius 3 is 2.88 bits per heavy atom. The molecule has 0 unspecified atom stereocenters. The number of nitrogens with zero attached hydrogens (tertiary/aromatic N) is 2. The van der Waals surface area contributed by atoms with Crippen LogP contribution >= 0.6 is 0 Å². The largest absolute Gasteiger partial charge is 0.407 e. The third-order valence-corrected chi connectivity index (χ3v) is 2.29. The summed E-state index contributed by atoms with van der Waals surface area (Å²) in [5.41, 5.74) is 5.32. The second-order valence-electron chi connectivity index (χ2n) is 3.70. The van der Waals surface area contributed by atoms with E-state index in [2.05, 4.69) is 20.8 Å². The van der Waals surface area contributed by atoms with Crippen LogP contribution in [0.5, 0.6) is 0 Å². The molecule has 0 bridgehead atoms. The van der Waals surface area contributed by atoms with Crippen LogP contribution in [-0.4, -0.2) is 29.2 Å². The number of hydrogen-bond donors (Lipinski definition) is 3. The fourth-order valence-corrected chi connectivity index (χ4v) is 1.25. The Bertz CT molecular complexity index is 361. The number of aromatic nitrogens is 2. The van der Waals surface area contributed by atoms with Crippen LogP contribution < -0.4 is 16.4 Å². The molecule has 0 spiro atoms. The van der Waals surface area contributed by atoms with Gasteiger partial charge in [-0.15, -0.1) is 5.10 Å². The summed E-state index contributed by atoms with van der Waals surface area (Å²) in [4.78, 5) is 11.3. The molecule has 0 radical (unpaired) electrons. The minimum Gasteiger partial charge on any atom is -0.407 e. The van der Waals surface area contributed by atoms with E-state index in [4.69, 9.17) is 10.2 Å². The molecule has 1 aromatic rings. The summed E-state index contributed by atoms with van der Waals surface area (Å²) in [6.45, 7) is 1.34. The Morgan fingerprint density at radius 1 is 1.44 bits per heavy atom. The maximum atomic E-state index is 11.3. The quantitative estimate of drug-likeness (QED) is 0.562. The molecule has 16 heavy (non-hydrogen) atoms. The van der Waals surface area contributed by atoms with Crippen molar-refractivity contribution in [2.24, 2.45) is 11.7 Å². The lowest BCUT2D eigenvalue weighted by Crippen LogP contribution is -2.29. The molecule has 2 rings (SSSR count). The van der Waals surface area contributed by atoms with Crippen LogP contribution in [0.15, 0.2) is 4.42 Å². The van der Waals surface area contributed by atoms with Crippen LogP contribution in [-0.2, 0) is 11.3 Å². The smallest absolute Gasteiger partial charge is 0.315 e. The standard InChI is InChI=1S/C9H15N5O2/c10-5-7-13-14-9(16-7)12-4-3-11-8(15)6-1-2-6/h6H,1-5,10H2,(H,11,15)(H,12,14). The summed E-state index contributed by atoms with van der Waals surface area (Å²) in [6.07, 6.45) is 2.03. The zero-order valence-corrected chi connectivity index (χ0v) is 8.90. The zero-order valence-electron chi connectivity index (χ0n) is 8.90. The molecular weight excluding hydrogens is 210 g/mol. The molecule has 4 N–H and O–H groups in total. The van der Waals surface area contributed by atoms with Gasteiger partial charge >= 0.3 is 6.01 Å². The van der Waals surface area contributed by atoms with Gasteiger partial charge in [0.1, 0.15) is 0 Å². The van der Waals surface area contributed by atoms with Gasteiger partial charge in [-0.05, 0) is 12.8 Å². The number of rotatable bonds is 6. The molecule has 0 atom stereocenters. The summed E-state index contributed by atoms with van der Waals surface area (Å²) in [5.74, 6) is 0.770. The number of nitrogens with one attached hydrogen (secondary N) is 2. The van der Waals surface area contributed by atoms with Gasteiger partial charge in [0.2, 0.25) is 11.8 Å². The van der Waals surface area contributed by atoms with Crippen LogP contribution in [0.4, 0.5) is 6.01 Å². The van der Waals surface area contributed by atoms with Crippen molar-refractivity contribution < 1.29 is 9.21 Å². The van der Waals surface area contributed by atoms with Crippen molar-refractivity contribution in [1.29, 1.82) is 0 Å². The first-order valence-electron chi connectivity index (χ1n) is 5.33. The highest BCUT2D eigenvalue weighted by Crippen LogP contribution is 2.28. The number of amides is 1. The van der Waals surface area contributed by atoms with E-state index < -0.39 is 0 Å². The SMILES string of the molecule is NCc1nnc(NCCNC(=O)C2CC2)o1. The fourth-order valence-electron chi connectivity index (χ4n) is 1.25. The van der Waals surface area contributed by atoms with Gasteiger partial charge in [-0.2, -0.15) is 0 Å². The molecule has 1 heterocycles. The van der Waals surface area contributed by atoms with Crippen LogP contribution in [0.3, 0.4) is 0 Å². The highest BCUT2D eigenvalue weighted by Gasteiger charge is 2.28. The van der Waals surface area contributed by atoms with Crippen molar-refractivity contribution in [1.82, 2.24) is 15.5 Å². The Labute approximate surface area is 92.8 Å². The van der Waals surface area contributed by atoms with E-state index >= 15 is 0 Å². The number of anilines is 1.